The Bertz CT molecular complexity index is 832. The molecule has 0 aliphatic rings. The molecule has 0 unspecified atom stereocenters. The molecule has 0 spiro atoms. The lowest BCUT2D eigenvalue weighted by atomic mass is 10.2. The first-order chi connectivity index (χ1) is 9.56. The molecule has 1 aromatic carbocycles. The third-order valence-electron chi connectivity index (χ3n) is 2.83. The SMILES string of the molecule is O=C(O)c1ccc2nnc(-c3ccc(Cl)c(Br)c3)n2c1. The smallest absolute Gasteiger partial charge is 0.337 e. The van der Waals surface area contributed by atoms with E-state index in [-0.39, 0.29) is 5.56 Å². The number of nitrogens with zero attached hydrogens (tertiary/aromatic N) is 3. The molecular formula is C13H7BrClN3O2. The van der Waals surface area contributed by atoms with Crippen LogP contribution in [0.25, 0.3) is 17.0 Å². The topological polar surface area (TPSA) is 67.5 Å². The minimum absolute atomic E-state index is 0.173. The van der Waals surface area contributed by atoms with Crippen LogP contribution in [0.3, 0.4) is 0 Å². The molecule has 0 bridgehead atoms. The van der Waals surface area contributed by atoms with Crippen molar-refractivity contribution in [1.82, 2.24) is 14.6 Å². The number of carbonyl (C=O) groups is 1. The van der Waals surface area contributed by atoms with E-state index in [0.717, 1.165) is 10.0 Å². The summed E-state index contributed by atoms with van der Waals surface area (Å²) in [4.78, 5) is 11.0. The van der Waals surface area contributed by atoms with Gasteiger partial charge in [-0.3, -0.25) is 4.40 Å². The molecule has 1 N–H and O–H groups in total. The van der Waals surface area contributed by atoms with Crippen LogP contribution < -0.4 is 0 Å². The number of aromatic nitrogens is 3. The molecule has 0 aliphatic carbocycles. The van der Waals surface area contributed by atoms with Crippen molar-refractivity contribution in [3.8, 4) is 11.4 Å². The van der Waals surface area contributed by atoms with Crippen molar-refractivity contribution < 1.29 is 9.90 Å². The normalized spacial score (nSPS) is 10.9. The fraction of sp³-hybridized carbons (Fsp3) is 0. The summed E-state index contributed by atoms with van der Waals surface area (Å²) < 4.78 is 2.38. The Hall–Kier alpha value is -1.92. The molecular weight excluding hydrogens is 346 g/mol. The lowest BCUT2D eigenvalue weighted by Crippen LogP contribution is -1.99. The summed E-state index contributed by atoms with van der Waals surface area (Å²) in [7, 11) is 0. The van der Waals surface area contributed by atoms with Crippen LogP contribution in [0.2, 0.25) is 5.02 Å². The van der Waals surface area contributed by atoms with Gasteiger partial charge < -0.3 is 5.11 Å². The zero-order chi connectivity index (χ0) is 14.3. The van der Waals surface area contributed by atoms with E-state index in [1.54, 1.807) is 22.6 Å². The van der Waals surface area contributed by atoms with Gasteiger partial charge in [0, 0.05) is 16.2 Å². The van der Waals surface area contributed by atoms with Crippen LogP contribution in [0.15, 0.2) is 41.0 Å². The molecule has 0 amide bonds. The Morgan fingerprint density at radius 2 is 2.05 bits per heavy atom. The van der Waals surface area contributed by atoms with Crippen molar-refractivity contribution in [2.24, 2.45) is 0 Å². The predicted octanol–water partition coefficient (Wildman–Crippen LogP) is 3.51. The van der Waals surface area contributed by atoms with Crippen LogP contribution in [0.4, 0.5) is 0 Å². The van der Waals surface area contributed by atoms with Crippen molar-refractivity contribution >= 4 is 39.1 Å². The lowest BCUT2D eigenvalue weighted by Gasteiger charge is -2.03. The van der Waals surface area contributed by atoms with Gasteiger partial charge in [-0.25, -0.2) is 4.79 Å². The molecule has 2 aromatic heterocycles. The molecule has 7 heteroatoms. The maximum absolute atomic E-state index is 11.0. The molecule has 3 aromatic rings. The first kappa shape index (κ1) is 13.1. The molecule has 0 saturated carbocycles. The van der Waals surface area contributed by atoms with Gasteiger partial charge in [-0.1, -0.05) is 11.6 Å². The lowest BCUT2D eigenvalue weighted by molar-refractivity contribution is 0.0696. The fourth-order valence-corrected chi connectivity index (χ4v) is 2.35. The summed E-state index contributed by atoms with van der Waals surface area (Å²) >= 11 is 9.31. The number of halogens is 2. The average Bonchev–Trinajstić information content (AvgIpc) is 2.84. The number of hydrogen-bond acceptors (Lipinski definition) is 3. The molecule has 3 rings (SSSR count). The van der Waals surface area contributed by atoms with E-state index >= 15 is 0 Å². The minimum Gasteiger partial charge on any atom is -0.478 e. The van der Waals surface area contributed by atoms with Gasteiger partial charge in [0.25, 0.3) is 0 Å². The van der Waals surface area contributed by atoms with E-state index in [0.29, 0.717) is 16.5 Å². The van der Waals surface area contributed by atoms with Crippen LogP contribution >= 0.6 is 27.5 Å². The number of aromatic carboxylic acids is 1. The molecule has 20 heavy (non-hydrogen) atoms. The molecule has 2 heterocycles. The van der Waals surface area contributed by atoms with Crippen molar-refractivity contribution in [3.05, 3.63) is 51.6 Å². The van der Waals surface area contributed by atoms with Crippen molar-refractivity contribution in [2.45, 2.75) is 0 Å². The Balaban J connectivity index is 2.22. The van der Waals surface area contributed by atoms with E-state index in [1.165, 1.54) is 12.3 Å². The summed E-state index contributed by atoms with van der Waals surface area (Å²) in [5.74, 6) is -0.440. The summed E-state index contributed by atoms with van der Waals surface area (Å²) in [6.45, 7) is 0. The maximum Gasteiger partial charge on any atom is 0.337 e. The quantitative estimate of drug-likeness (QED) is 0.766. The number of hydrogen-bond donors (Lipinski definition) is 1. The van der Waals surface area contributed by atoms with Gasteiger partial charge in [0.05, 0.1) is 10.6 Å². The fourth-order valence-electron chi connectivity index (χ4n) is 1.85. The maximum atomic E-state index is 11.0. The van der Waals surface area contributed by atoms with Crippen LogP contribution in [-0.4, -0.2) is 25.7 Å². The predicted molar refractivity (Wildman–Crippen MR) is 78.1 cm³/mol. The number of fused-ring (bicyclic) bond motifs is 1. The van der Waals surface area contributed by atoms with Crippen LogP contribution in [-0.2, 0) is 0 Å². The summed E-state index contributed by atoms with van der Waals surface area (Å²) in [6, 6.07) is 8.46. The number of benzene rings is 1. The van der Waals surface area contributed by atoms with Gasteiger partial charge in [-0.2, -0.15) is 0 Å². The Morgan fingerprint density at radius 3 is 2.75 bits per heavy atom. The van der Waals surface area contributed by atoms with Crippen LogP contribution in [0, 0.1) is 0 Å². The van der Waals surface area contributed by atoms with Gasteiger partial charge in [0.1, 0.15) is 0 Å². The zero-order valence-electron chi connectivity index (χ0n) is 9.92. The van der Waals surface area contributed by atoms with Gasteiger partial charge in [-0.05, 0) is 46.3 Å². The first-order valence-corrected chi connectivity index (χ1v) is 6.77. The number of pyridine rings is 1. The second-order valence-corrected chi connectivity index (χ2v) is 5.37. The Kier molecular flexibility index (Phi) is 3.19. The number of carboxylic acid groups (broad SMARTS) is 1. The average molecular weight is 353 g/mol. The Labute approximate surface area is 127 Å². The zero-order valence-corrected chi connectivity index (χ0v) is 12.3. The van der Waals surface area contributed by atoms with E-state index in [4.69, 9.17) is 16.7 Å². The molecule has 0 atom stereocenters. The standard InChI is InChI=1S/C13H7BrClN3O2/c14-9-5-7(1-3-10(9)15)12-17-16-11-4-2-8(13(19)20)6-18(11)12/h1-6H,(H,19,20). The Morgan fingerprint density at radius 1 is 1.25 bits per heavy atom. The van der Waals surface area contributed by atoms with Crippen molar-refractivity contribution in [1.29, 1.82) is 0 Å². The van der Waals surface area contributed by atoms with Gasteiger partial charge in [-0.15, -0.1) is 10.2 Å². The van der Waals surface area contributed by atoms with Crippen LogP contribution in [0.1, 0.15) is 10.4 Å². The molecule has 0 fully saturated rings. The summed E-state index contributed by atoms with van der Waals surface area (Å²) in [5.41, 5.74) is 1.54. The number of rotatable bonds is 2. The van der Waals surface area contributed by atoms with E-state index < -0.39 is 5.97 Å². The second kappa shape index (κ2) is 4.88. The molecule has 0 radical (unpaired) electrons. The van der Waals surface area contributed by atoms with E-state index in [2.05, 4.69) is 26.1 Å². The van der Waals surface area contributed by atoms with E-state index in [1.807, 2.05) is 6.07 Å². The molecule has 100 valence electrons. The highest BCUT2D eigenvalue weighted by Crippen LogP contribution is 2.28. The molecule has 0 saturated heterocycles. The van der Waals surface area contributed by atoms with Crippen molar-refractivity contribution in [3.63, 3.8) is 0 Å². The highest BCUT2D eigenvalue weighted by atomic mass is 79.9. The van der Waals surface area contributed by atoms with E-state index in [9.17, 15) is 4.79 Å². The third kappa shape index (κ3) is 2.17. The highest BCUT2D eigenvalue weighted by molar-refractivity contribution is 9.10. The largest absolute Gasteiger partial charge is 0.478 e. The van der Waals surface area contributed by atoms with Gasteiger partial charge in [0.2, 0.25) is 0 Å². The minimum atomic E-state index is -0.996. The summed E-state index contributed by atoms with van der Waals surface area (Å²) in [6.07, 6.45) is 1.50. The van der Waals surface area contributed by atoms with Gasteiger partial charge >= 0.3 is 5.97 Å². The monoisotopic (exact) mass is 351 g/mol. The van der Waals surface area contributed by atoms with Crippen LogP contribution in [0.5, 0.6) is 0 Å². The van der Waals surface area contributed by atoms with Gasteiger partial charge in [0.15, 0.2) is 11.5 Å². The second-order valence-electron chi connectivity index (χ2n) is 4.10. The molecule has 0 aliphatic heterocycles. The third-order valence-corrected chi connectivity index (χ3v) is 4.04. The summed E-state index contributed by atoms with van der Waals surface area (Å²) in [5, 5.41) is 17.7. The number of carboxylic acids is 1. The highest BCUT2D eigenvalue weighted by Gasteiger charge is 2.12. The van der Waals surface area contributed by atoms with Crippen molar-refractivity contribution in [2.75, 3.05) is 0 Å². The molecule has 5 nitrogen and oxygen atoms in total. The first-order valence-electron chi connectivity index (χ1n) is 5.60.